The summed E-state index contributed by atoms with van der Waals surface area (Å²) in [5.41, 5.74) is 0.690. The molecule has 1 saturated carbocycles. The second kappa shape index (κ2) is 6.07. The summed E-state index contributed by atoms with van der Waals surface area (Å²) in [6.45, 7) is 4.54. The van der Waals surface area contributed by atoms with Gasteiger partial charge in [-0.2, -0.15) is 4.98 Å². The zero-order valence-electron chi connectivity index (χ0n) is 14.2. The summed E-state index contributed by atoms with van der Waals surface area (Å²) in [6, 6.07) is 2.09. The van der Waals surface area contributed by atoms with Crippen LogP contribution in [0.2, 0.25) is 0 Å². The van der Waals surface area contributed by atoms with Crippen molar-refractivity contribution in [2.45, 2.75) is 64.3 Å². The number of amides is 1. The number of likely N-dealkylation sites (tertiary alicyclic amines) is 1. The molecule has 6 nitrogen and oxygen atoms in total. The van der Waals surface area contributed by atoms with Crippen LogP contribution in [0.1, 0.15) is 71.6 Å². The van der Waals surface area contributed by atoms with Gasteiger partial charge in [0.15, 0.2) is 5.82 Å². The van der Waals surface area contributed by atoms with Crippen molar-refractivity contribution in [1.82, 2.24) is 15.0 Å². The largest absolute Gasteiger partial charge is 0.466 e. The third-order valence-corrected chi connectivity index (χ3v) is 5.02. The van der Waals surface area contributed by atoms with Gasteiger partial charge in [-0.3, -0.25) is 4.79 Å². The average molecular weight is 329 g/mol. The number of carbonyl (C=O) groups excluding carboxylic acids is 1. The van der Waals surface area contributed by atoms with E-state index in [-0.39, 0.29) is 11.9 Å². The first-order chi connectivity index (χ1) is 11.6. The van der Waals surface area contributed by atoms with Gasteiger partial charge in [0, 0.05) is 24.9 Å². The zero-order chi connectivity index (χ0) is 16.7. The number of aromatic nitrogens is 2. The number of hydrogen-bond donors (Lipinski definition) is 0. The minimum absolute atomic E-state index is 0.0821. The van der Waals surface area contributed by atoms with Gasteiger partial charge in [0.1, 0.15) is 11.5 Å². The van der Waals surface area contributed by atoms with Crippen LogP contribution in [0.3, 0.4) is 0 Å². The molecule has 0 bridgehead atoms. The molecule has 1 aliphatic carbocycles. The molecule has 2 fully saturated rings. The van der Waals surface area contributed by atoms with E-state index >= 15 is 0 Å². The molecule has 4 rings (SSSR count). The molecule has 1 saturated heterocycles. The molecule has 1 aliphatic heterocycles. The number of aryl methyl sites for hydroxylation is 3. The van der Waals surface area contributed by atoms with Crippen molar-refractivity contribution in [3.8, 4) is 0 Å². The Kier molecular flexibility index (Phi) is 3.90. The van der Waals surface area contributed by atoms with Crippen molar-refractivity contribution in [3.05, 3.63) is 34.9 Å². The van der Waals surface area contributed by atoms with Crippen LogP contribution in [-0.4, -0.2) is 33.5 Å². The highest BCUT2D eigenvalue weighted by Gasteiger charge is 2.32. The summed E-state index contributed by atoms with van der Waals surface area (Å²) in [6.07, 6.45) is 6.05. The first-order valence-electron chi connectivity index (χ1n) is 8.82. The molecule has 128 valence electrons. The summed E-state index contributed by atoms with van der Waals surface area (Å²) in [5, 5.41) is 4.08. The lowest BCUT2D eigenvalue weighted by Gasteiger charge is -2.24. The van der Waals surface area contributed by atoms with Crippen molar-refractivity contribution in [2.24, 2.45) is 0 Å². The normalized spacial score (nSPS) is 20.8. The van der Waals surface area contributed by atoms with Crippen molar-refractivity contribution in [3.63, 3.8) is 0 Å². The van der Waals surface area contributed by atoms with Crippen molar-refractivity contribution in [1.29, 1.82) is 0 Å². The number of furan rings is 1. The summed E-state index contributed by atoms with van der Waals surface area (Å²) >= 11 is 0. The van der Waals surface area contributed by atoms with Crippen LogP contribution in [0.25, 0.3) is 0 Å². The fourth-order valence-corrected chi connectivity index (χ4v) is 3.56. The van der Waals surface area contributed by atoms with Gasteiger partial charge in [0.05, 0.1) is 5.56 Å². The van der Waals surface area contributed by atoms with E-state index in [4.69, 9.17) is 8.94 Å². The van der Waals surface area contributed by atoms with Crippen molar-refractivity contribution < 1.29 is 13.7 Å². The van der Waals surface area contributed by atoms with Crippen LogP contribution in [0.15, 0.2) is 15.0 Å². The Labute approximate surface area is 141 Å². The quantitative estimate of drug-likeness (QED) is 0.840. The molecule has 2 aliphatic rings. The Morgan fingerprint density at radius 2 is 2.17 bits per heavy atom. The molecule has 0 radical (unpaired) electrons. The minimum atomic E-state index is 0.0821. The van der Waals surface area contributed by atoms with Crippen molar-refractivity contribution in [2.75, 3.05) is 6.54 Å². The van der Waals surface area contributed by atoms with Gasteiger partial charge in [-0.15, -0.1) is 0 Å². The van der Waals surface area contributed by atoms with Crippen LogP contribution in [0.5, 0.6) is 0 Å². The molecule has 1 amide bonds. The molecule has 3 heterocycles. The van der Waals surface area contributed by atoms with E-state index in [1.54, 1.807) is 0 Å². The standard InChI is InChI=1S/C18H23N3O3/c1-11-10-15(12(2)23-11)18(22)21-9-3-4-14(21)7-8-16-19-17(24-20-16)13-5-6-13/h10,13-14H,3-9H2,1-2H3. The van der Waals surface area contributed by atoms with E-state index in [0.717, 1.165) is 62.5 Å². The molecule has 0 aromatic carbocycles. The minimum Gasteiger partial charge on any atom is -0.466 e. The van der Waals surface area contributed by atoms with Crippen LogP contribution in [-0.2, 0) is 6.42 Å². The lowest BCUT2D eigenvalue weighted by molar-refractivity contribution is 0.0728. The second-order valence-corrected chi connectivity index (χ2v) is 6.98. The van der Waals surface area contributed by atoms with E-state index in [2.05, 4.69) is 10.1 Å². The Hall–Kier alpha value is -2.11. The van der Waals surface area contributed by atoms with Gasteiger partial charge in [0.25, 0.3) is 5.91 Å². The maximum Gasteiger partial charge on any atom is 0.257 e. The smallest absolute Gasteiger partial charge is 0.257 e. The van der Waals surface area contributed by atoms with E-state index in [9.17, 15) is 4.79 Å². The van der Waals surface area contributed by atoms with E-state index in [1.165, 1.54) is 0 Å². The Morgan fingerprint density at radius 1 is 1.33 bits per heavy atom. The summed E-state index contributed by atoms with van der Waals surface area (Å²) in [5.74, 6) is 3.61. The van der Waals surface area contributed by atoms with Crippen LogP contribution in [0.4, 0.5) is 0 Å². The molecule has 2 aromatic heterocycles. The summed E-state index contributed by atoms with van der Waals surface area (Å²) < 4.78 is 10.8. The first kappa shape index (κ1) is 15.4. The number of rotatable bonds is 5. The predicted molar refractivity (Wildman–Crippen MR) is 86.8 cm³/mol. The van der Waals surface area contributed by atoms with Crippen LogP contribution >= 0.6 is 0 Å². The highest BCUT2D eigenvalue weighted by atomic mass is 16.5. The predicted octanol–water partition coefficient (Wildman–Crippen LogP) is 3.39. The lowest BCUT2D eigenvalue weighted by atomic mass is 10.1. The molecule has 6 heteroatoms. The molecular weight excluding hydrogens is 306 g/mol. The van der Waals surface area contributed by atoms with Gasteiger partial charge in [-0.25, -0.2) is 0 Å². The second-order valence-electron chi connectivity index (χ2n) is 6.98. The van der Waals surface area contributed by atoms with Gasteiger partial charge >= 0.3 is 0 Å². The topological polar surface area (TPSA) is 72.4 Å². The zero-order valence-corrected chi connectivity index (χ0v) is 14.2. The molecule has 24 heavy (non-hydrogen) atoms. The van der Waals surface area contributed by atoms with E-state index < -0.39 is 0 Å². The highest BCUT2D eigenvalue weighted by Crippen LogP contribution is 2.39. The third-order valence-electron chi connectivity index (χ3n) is 5.02. The highest BCUT2D eigenvalue weighted by molar-refractivity contribution is 5.95. The van der Waals surface area contributed by atoms with Gasteiger partial charge < -0.3 is 13.8 Å². The molecule has 1 atom stereocenters. The van der Waals surface area contributed by atoms with Crippen molar-refractivity contribution >= 4 is 5.91 Å². The first-order valence-corrected chi connectivity index (χ1v) is 8.82. The molecule has 0 spiro atoms. The maximum absolute atomic E-state index is 12.8. The van der Waals surface area contributed by atoms with Crippen LogP contribution < -0.4 is 0 Å². The van der Waals surface area contributed by atoms with Gasteiger partial charge in [0.2, 0.25) is 5.89 Å². The summed E-state index contributed by atoms with van der Waals surface area (Å²) in [4.78, 5) is 19.3. The van der Waals surface area contributed by atoms with Gasteiger partial charge in [-0.05, 0) is 52.0 Å². The number of nitrogens with zero attached hydrogens (tertiary/aromatic N) is 3. The Morgan fingerprint density at radius 3 is 2.88 bits per heavy atom. The lowest BCUT2D eigenvalue weighted by Crippen LogP contribution is -2.36. The van der Waals surface area contributed by atoms with E-state index in [0.29, 0.717) is 17.2 Å². The number of carbonyl (C=O) groups is 1. The SMILES string of the molecule is Cc1cc(C(=O)N2CCCC2CCc2noc(C3CC3)n2)c(C)o1. The fraction of sp³-hybridized carbons (Fsp3) is 0.611. The monoisotopic (exact) mass is 329 g/mol. The maximum atomic E-state index is 12.8. The van der Waals surface area contributed by atoms with E-state index in [1.807, 2.05) is 24.8 Å². The van der Waals surface area contributed by atoms with Gasteiger partial charge in [-0.1, -0.05) is 5.16 Å². The molecule has 0 N–H and O–H groups in total. The molecule has 1 unspecified atom stereocenters. The Balaban J connectivity index is 1.40. The Bertz CT molecular complexity index is 745. The third kappa shape index (κ3) is 2.97. The van der Waals surface area contributed by atoms with Crippen LogP contribution in [0, 0.1) is 13.8 Å². The molecular formula is C18H23N3O3. The molecule has 2 aromatic rings. The fourth-order valence-electron chi connectivity index (χ4n) is 3.56. The summed E-state index contributed by atoms with van der Waals surface area (Å²) in [7, 11) is 0. The average Bonchev–Trinajstić information content (AvgIpc) is 2.97. The number of hydrogen-bond acceptors (Lipinski definition) is 5.